The molecular formula is C6H11N5. The average Bonchev–Trinajstić information content (AvgIpc) is 1.85. The molecule has 11 heavy (non-hydrogen) atoms. The van der Waals surface area contributed by atoms with E-state index in [1.165, 1.54) is 0 Å². The number of anilines is 2. The lowest BCUT2D eigenvalue weighted by Crippen LogP contribution is -2.11. The first-order valence-corrected chi connectivity index (χ1v) is 3.24. The third-order valence-electron chi connectivity index (χ3n) is 1.36. The second-order valence-corrected chi connectivity index (χ2v) is 2.36. The highest BCUT2D eigenvalue weighted by molar-refractivity contribution is 5.42. The zero-order chi connectivity index (χ0) is 8.43. The van der Waals surface area contributed by atoms with Crippen LogP contribution in [-0.4, -0.2) is 9.97 Å². The number of nitrogen functional groups attached to an aromatic ring is 2. The number of nitrogens with two attached hydrogens (primary N) is 3. The van der Waals surface area contributed by atoms with E-state index in [0.29, 0.717) is 5.82 Å². The molecule has 1 aromatic heterocycles. The van der Waals surface area contributed by atoms with Crippen LogP contribution in [0.2, 0.25) is 0 Å². The van der Waals surface area contributed by atoms with E-state index in [1.54, 1.807) is 6.20 Å². The third kappa shape index (κ3) is 1.56. The predicted octanol–water partition coefficient (Wildman–Crippen LogP) is -0.339. The highest BCUT2D eigenvalue weighted by Gasteiger charge is 2.05. The summed E-state index contributed by atoms with van der Waals surface area (Å²) in [6, 6.07) is -0.157. The maximum Gasteiger partial charge on any atom is 0.221 e. The zero-order valence-electron chi connectivity index (χ0n) is 6.28. The number of hydrogen-bond acceptors (Lipinski definition) is 5. The number of nitrogens with zero attached hydrogens (tertiary/aromatic N) is 2. The Kier molecular flexibility index (Phi) is 1.91. The lowest BCUT2D eigenvalue weighted by Gasteiger charge is -2.06. The molecule has 5 heteroatoms. The molecule has 0 aromatic carbocycles. The van der Waals surface area contributed by atoms with E-state index in [-0.39, 0.29) is 12.0 Å². The monoisotopic (exact) mass is 153 g/mol. The van der Waals surface area contributed by atoms with Gasteiger partial charge in [0.15, 0.2) is 0 Å². The van der Waals surface area contributed by atoms with Gasteiger partial charge in [0.25, 0.3) is 0 Å². The minimum absolute atomic E-state index is 0.157. The minimum Gasteiger partial charge on any atom is -0.383 e. The quantitative estimate of drug-likeness (QED) is 0.512. The fraction of sp³-hybridized carbons (Fsp3) is 0.333. The Morgan fingerprint density at radius 1 is 1.45 bits per heavy atom. The van der Waals surface area contributed by atoms with Crippen LogP contribution in [0.15, 0.2) is 6.20 Å². The molecular weight excluding hydrogens is 142 g/mol. The molecule has 0 aliphatic heterocycles. The fourth-order valence-electron chi connectivity index (χ4n) is 0.769. The first-order chi connectivity index (χ1) is 5.11. The van der Waals surface area contributed by atoms with E-state index in [9.17, 15) is 0 Å². The Balaban J connectivity index is 3.09. The van der Waals surface area contributed by atoms with Crippen molar-refractivity contribution in [3.63, 3.8) is 0 Å². The van der Waals surface area contributed by atoms with Crippen molar-refractivity contribution in [2.75, 3.05) is 11.5 Å². The number of rotatable bonds is 1. The highest BCUT2D eigenvalue weighted by atomic mass is 15.0. The van der Waals surface area contributed by atoms with Gasteiger partial charge < -0.3 is 17.2 Å². The molecule has 60 valence electrons. The molecule has 0 aliphatic rings. The Bertz CT molecular complexity index is 257. The zero-order valence-corrected chi connectivity index (χ0v) is 6.28. The largest absolute Gasteiger partial charge is 0.383 e. The van der Waals surface area contributed by atoms with Crippen LogP contribution in [0, 0.1) is 0 Å². The van der Waals surface area contributed by atoms with E-state index in [2.05, 4.69) is 9.97 Å². The first kappa shape index (κ1) is 7.74. The predicted molar refractivity (Wildman–Crippen MR) is 43.5 cm³/mol. The second kappa shape index (κ2) is 2.71. The molecule has 1 atom stereocenters. The fourth-order valence-corrected chi connectivity index (χ4v) is 0.769. The van der Waals surface area contributed by atoms with Crippen molar-refractivity contribution in [2.24, 2.45) is 5.73 Å². The van der Waals surface area contributed by atoms with Crippen LogP contribution in [0.5, 0.6) is 0 Å². The van der Waals surface area contributed by atoms with Crippen LogP contribution < -0.4 is 17.2 Å². The molecule has 0 saturated heterocycles. The van der Waals surface area contributed by atoms with Gasteiger partial charge in [-0.05, 0) is 6.92 Å². The Morgan fingerprint density at radius 3 is 2.55 bits per heavy atom. The van der Waals surface area contributed by atoms with Crippen LogP contribution in [0.1, 0.15) is 18.5 Å². The summed E-state index contributed by atoms with van der Waals surface area (Å²) in [4.78, 5) is 7.53. The maximum atomic E-state index is 5.56. The lowest BCUT2D eigenvalue weighted by atomic mass is 10.2. The summed E-state index contributed by atoms with van der Waals surface area (Å²) in [6.45, 7) is 1.81. The summed E-state index contributed by atoms with van der Waals surface area (Å²) in [6.07, 6.45) is 1.54. The van der Waals surface area contributed by atoms with Crippen molar-refractivity contribution < 1.29 is 0 Å². The van der Waals surface area contributed by atoms with Crippen molar-refractivity contribution in [1.29, 1.82) is 0 Å². The van der Waals surface area contributed by atoms with E-state index in [1.807, 2.05) is 6.92 Å². The van der Waals surface area contributed by atoms with Crippen LogP contribution >= 0.6 is 0 Å². The van der Waals surface area contributed by atoms with Gasteiger partial charge in [-0.3, -0.25) is 0 Å². The standard InChI is InChI=1S/C6H11N5/c1-3(7)4-2-10-6(9)11-5(4)8/h2-3H,7H2,1H3,(H4,8,9,10,11). The van der Waals surface area contributed by atoms with Crippen molar-refractivity contribution in [3.8, 4) is 0 Å². The summed E-state index contributed by atoms with van der Waals surface area (Å²) < 4.78 is 0. The second-order valence-electron chi connectivity index (χ2n) is 2.36. The Hall–Kier alpha value is -1.36. The minimum atomic E-state index is -0.157. The van der Waals surface area contributed by atoms with E-state index >= 15 is 0 Å². The molecule has 1 aromatic rings. The van der Waals surface area contributed by atoms with E-state index < -0.39 is 0 Å². The highest BCUT2D eigenvalue weighted by Crippen LogP contribution is 2.14. The number of hydrogen-bond donors (Lipinski definition) is 3. The summed E-state index contributed by atoms with van der Waals surface area (Å²) in [5.41, 5.74) is 17.1. The molecule has 0 aliphatic carbocycles. The molecule has 0 bridgehead atoms. The summed E-state index contributed by atoms with van der Waals surface area (Å²) in [5.74, 6) is 0.527. The summed E-state index contributed by atoms with van der Waals surface area (Å²) in [7, 11) is 0. The lowest BCUT2D eigenvalue weighted by molar-refractivity contribution is 0.808. The SMILES string of the molecule is CC(N)c1cnc(N)nc1N. The van der Waals surface area contributed by atoms with Gasteiger partial charge in [-0.15, -0.1) is 0 Å². The van der Waals surface area contributed by atoms with Crippen LogP contribution in [0.25, 0.3) is 0 Å². The molecule has 1 unspecified atom stereocenters. The van der Waals surface area contributed by atoms with Crippen LogP contribution in [0.4, 0.5) is 11.8 Å². The van der Waals surface area contributed by atoms with Gasteiger partial charge in [-0.1, -0.05) is 0 Å². The average molecular weight is 153 g/mol. The maximum absolute atomic E-state index is 5.56. The Morgan fingerprint density at radius 2 is 2.09 bits per heavy atom. The summed E-state index contributed by atoms with van der Waals surface area (Å²) in [5, 5.41) is 0. The van der Waals surface area contributed by atoms with Crippen molar-refractivity contribution in [2.45, 2.75) is 13.0 Å². The molecule has 0 saturated carbocycles. The van der Waals surface area contributed by atoms with Gasteiger partial charge in [-0.25, -0.2) is 4.98 Å². The molecule has 1 heterocycles. The van der Waals surface area contributed by atoms with Gasteiger partial charge in [0, 0.05) is 17.8 Å². The van der Waals surface area contributed by atoms with Crippen LogP contribution in [-0.2, 0) is 0 Å². The molecule has 0 spiro atoms. The van der Waals surface area contributed by atoms with Gasteiger partial charge in [0.2, 0.25) is 5.95 Å². The van der Waals surface area contributed by atoms with Gasteiger partial charge in [0.1, 0.15) is 5.82 Å². The van der Waals surface area contributed by atoms with Gasteiger partial charge in [-0.2, -0.15) is 4.98 Å². The molecule has 1 rings (SSSR count). The van der Waals surface area contributed by atoms with Crippen molar-refractivity contribution in [3.05, 3.63) is 11.8 Å². The van der Waals surface area contributed by atoms with Crippen molar-refractivity contribution in [1.82, 2.24) is 9.97 Å². The van der Waals surface area contributed by atoms with Crippen LogP contribution in [0.3, 0.4) is 0 Å². The van der Waals surface area contributed by atoms with Gasteiger partial charge in [0.05, 0.1) is 0 Å². The third-order valence-corrected chi connectivity index (χ3v) is 1.36. The Labute approximate surface area is 64.6 Å². The first-order valence-electron chi connectivity index (χ1n) is 3.24. The molecule has 0 fully saturated rings. The number of aromatic nitrogens is 2. The van der Waals surface area contributed by atoms with Crippen molar-refractivity contribution >= 4 is 11.8 Å². The normalized spacial score (nSPS) is 12.9. The van der Waals surface area contributed by atoms with Gasteiger partial charge >= 0.3 is 0 Å². The summed E-state index contributed by atoms with van der Waals surface area (Å²) >= 11 is 0. The molecule has 0 amide bonds. The molecule has 5 nitrogen and oxygen atoms in total. The molecule has 0 radical (unpaired) electrons. The van der Waals surface area contributed by atoms with E-state index in [4.69, 9.17) is 17.2 Å². The molecule has 6 N–H and O–H groups in total. The topological polar surface area (TPSA) is 104 Å². The smallest absolute Gasteiger partial charge is 0.221 e. The van der Waals surface area contributed by atoms with E-state index in [0.717, 1.165) is 5.56 Å².